The highest BCUT2D eigenvalue weighted by Gasteiger charge is 2.14. The van der Waals surface area contributed by atoms with E-state index in [0.29, 0.717) is 29.3 Å². The van der Waals surface area contributed by atoms with Crippen LogP contribution < -0.4 is 10.6 Å². The summed E-state index contributed by atoms with van der Waals surface area (Å²) in [5.41, 5.74) is 2.46. The molecule has 0 aliphatic carbocycles. The van der Waals surface area contributed by atoms with Crippen LogP contribution in [0.4, 0.5) is 15.9 Å². The third-order valence-corrected chi connectivity index (χ3v) is 4.03. The third-order valence-electron chi connectivity index (χ3n) is 4.03. The molecule has 0 radical (unpaired) electrons. The lowest BCUT2D eigenvalue weighted by Crippen LogP contribution is -2.12. The summed E-state index contributed by atoms with van der Waals surface area (Å²) in [4.78, 5) is 17.0. The van der Waals surface area contributed by atoms with Crippen molar-refractivity contribution in [3.05, 3.63) is 90.0 Å². The van der Waals surface area contributed by atoms with Gasteiger partial charge in [-0.3, -0.25) is 4.79 Å². The molecule has 0 spiro atoms. The van der Waals surface area contributed by atoms with Crippen molar-refractivity contribution in [3.8, 4) is 0 Å². The molecule has 2 N–H and O–H groups in total. The highest BCUT2D eigenvalue weighted by Crippen LogP contribution is 2.15. The number of nitrogens with one attached hydrogen (secondary N) is 2. The lowest BCUT2D eigenvalue weighted by molar-refractivity contribution is 0.102. The highest BCUT2D eigenvalue weighted by molar-refractivity contribution is 6.08. The van der Waals surface area contributed by atoms with Crippen LogP contribution in [0.3, 0.4) is 0 Å². The van der Waals surface area contributed by atoms with E-state index in [-0.39, 0.29) is 11.7 Å². The predicted molar refractivity (Wildman–Crippen MR) is 101 cm³/mol. The molecule has 0 saturated heterocycles. The Balaban J connectivity index is 1.53. The molecule has 1 amide bonds. The van der Waals surface area contributed by atoms with Gasteiger partial charge in [-0.05, 0) is 35.9 Å². The van der Waals surface area contributed by atoms with Crippen molar-refractivity contribution < 1.29 is 9.18 Å². The zero-order chi connectivity index (χ0) is 18.6. The van der Waals surface area contributed by atoms with Crippen LogP contribution in [-0.2, 0) is 6.54 Å². The number of carbonyl (C=O) groups excluding carboxylic acids is 1. The van der Waals surface area contributed by atoms with E-state index in [4.69, 9.17) is 0 Å². The minimum atomic E-state index is -0.278. The molecular formula is C20H16FN5O. The first-order valence-electron chi connectivity index (χ1n) is 8.38. The van der Waals surface area contributed by atoms with Gasteiger partial charge in [-0.25, -0.2) is 13.9 Å². The number of halogens is 1. The van der Waals surface area contributed by atoms with Crippen LogP contribution in [0.5, 0.6) is 0 Å². The van der Waals surface area contributed by atoms with E-state index in [1.807, 2.05) is 30.3 Å². The number of fused-ring (bicyclic) bond motifs is 1. The molecule has 0 fully saturated rings. The van der Waals surface area contributed by atoms with E-state index in [1.165, 1.54) is 18.3 Å². The molecular weight excluding hydrogens is 345 g/mol. The molecule has 4 rings (SSSR count). The van der Waals surface area contributed by atoms with E-state index in [0.717, 1.165) is 5.56 Å². The molecule has 2 aromatic heterocycles. The molecule has 0 unspecified atom stereocenters. The van der Waals surface area contributed by atoms with E-state index in [1.54, 1.807) is 28.9 Å². The standard InChI is InChI=1S/C20H16FN5O/c21-15-8-6-14(7-9-15)12-22-18-10-11-26-19(25-18)17(13-23-26)20(27)24-16-4-2-1-3-5-16/h1-11,13H,12H2,(H,22,25)(H,24,27). The molecule has 0 aliphatic heterocycles. The fourth-order valence-corrected chi connectivity index (χ4v) is 2.64. The summed E-state index contributed by atoms with van der Waals surface area (Å²) in [6.07, 6.45) is 3.22. The summed E-state index contributed by atoms with van der Waals surface area (Å²) in [7, 11) is 0. The molecule has 0 atom stereocenters. The first-order chi connectivity index (χ1) is 13.2. The first-order valence-corrected chi connectivity index (χ1v) is 8.38. The number of anilines is 2. The molecule has 0 bridgehead atoms. The summed E-state index contributed by atoms with van der Waals surface area (Å²) in [6.45, 7) is 0.489. The van der Waals surface area contributed by atoms with Crippen LogP contribution in [0.1, 0.15) is 15.9 Å². The Bertz CT molecular complexity index is 1080. The SMILES string of the molecule is O=C(Nc1ccccc1)c1cnn2ccc(NCc3ccc(F)cc3)nc12. The molecule has 27 heavy (non-hydrogen) atoms. The quantitative estimate of drug-likeness (QED) is 0.568. The Labute approximate surface area is 154 Å². The maximum atomic E-state index is 13.0. The number of para-hydroxylation sites is 1. The number of hydrogen-bond donors (Lipinski definition) is 2. The fraction of sp³-hybridized carbons (Fsp3) is 0.0500. The largest absolute Gasteiger partial charge is 0.366 e. The summed E-state index contributed by atoms with van der Waals surface area (Å²) in [5.74, 6) is 0.0482. The lowest BCUT2D eigenvalue weighted by Gasteiger charge is -2.07. The molecule has 2 heterocycles. The second-order valence-electron chi connectivity index (χ2n) is 5.94. The van der Waals surface area contributed by atoms with Crippen molar-refractivity contribution in [2.75, 3.05) is 10.6 Å². The van der Waals surface area contributed by atoms with E-state index < -0.39 is 0 Å². The number of benzene rings is 2. The monoisotopic (exact) mass is 361 g/mol. The van der Waals surface area contributed by atoms with Gasteiger partial charge in [-0.15, -0.1) is 0 Å². The van der Waals surface area contributed by atoms with E-state index >= 15 is 0 Å². The number of hydrogen-bond acceptors (Lipinski definition) is 4. The lowest BCUT2D eigenvalue weighted by atomic mass is 10.2. The van der Waals surface area contributed by atoms with Gasteiger partial charge in [0, 0.05) is 18.4 Å². The highest BCUT2D eigenvalue weighted by atomic mass is 19.1. The van der Waals surface area contributed by atoms with Crippen LogP contribution in [0.25, 0.3) is 5.65 Å². The smallest absolute Gasteiger partial charge is 0.261 e. The van der Waals surface area contributed by atoms with Crippen LogP contribution in [-0.4, -0.2) is 20.5 Å². The Morgan fingerprint density at radius 3 is 2.59 bits per heavy atom. The van der Waals surface area contributed by atoms with Gasteiger partial charge in [0.15, 0.2) is 5.65 Å². The van der Waals surface area contributed by atoms with Crippen LogP contribution in [0.15, 0.2) is 73.1 Å². The molecule has 6 nitrogen and oxygen atoms in total. The minimum absolute atomic E-state index is 0.272. The molecule has 7 heteroatoms. The van der Waals surface area contributed by atoms with Crippen molar-refractivity contribution >= 4 is 23.1 Å². The Morgan fingerprint density at radius 1 is 1.04 bits per heavy atom. The summed E-state index contributed by atoms with van der Waals surface area (Å²) in [5, 5.41) is 10.2. The van der Waals surface area contributed by atoms with Crippen LogP contribution >= 0.6 is 0 Å². The summed E-state index contributed by atoms with van der Waals surface area (Å²) < 4.78 is 14.5. The van der Waals surface area contributed by atoms with E-state index in [9.17, 15) is 9.18 Å². The zero-order valence-electron chi connectivity index (χ0n) is 14.3. The average molecular weight is 361 g/mol. The third kappa shape index (κ3) is 3.77. The van der Waals surface area contributed by atoms with Crippen LogP contribution in [0, 0.1) is 5.82 Å². The van der Waals surface area contributed by atoms with E-state index in [2.05, 4.69) is 20.7 Å². The van der Waals surface area contributed by atoms with Gasteiger partial charge in [-0.1, -0.05) is 30.3 Å². The van der Waals surface area contributed by atoms with Gasteiger partial charge < -0.3 is 10.6 Å². The fourth-order valence-electron chi connectivity index (χ4n) is 2.64. The number of amides is 1. The molecule has 134 valence electrons. The number of nitrogens with zero attached hydrogens (tertiary/aromatic N) is 3. The van der Waals surface area contributed by atoms with Gasteiger partial charge in [0.25, 0.3) is 5.91 Å². The predicted octanol–water partition coefficient (Wildman–Crippen LogP) is 3.73. The van der Waals surface area contributed by atoms with Crippen molar-refractivity contribution in [3.63, 3.8) is 0 Å². The molecule has 4 aromatic rings. The van der Waals surface area contributed by atoms with Crippen molar-refractivity contribution in [2.24, 2.45) is 0 Å². The number of aromatic nitrogens is 3. The molecule has 0 aliphatic rings. The first kappa shape index (κ1) is 16.7. The van der Waals surface area contributed by atoms with Gasteiger partial charge >= 0.3 is 0 Å². The van der Waals surface area contributed by atoms with Gasteiger partial charge in [-0.2, -0.15) is 5.10 Å². The molecule has 2 aromatic carbocycles. The average Bonchev–Trinajstić information content (AvgIpc) is 3.12. The van der Waals surface area contributed by atoms with Crippen molar-refractivity contribution in [1.29, 1.82) is 0 Å². The Kier molecular flexibility index (Phi) is 4.49. The second-order valence-corrected chi connectivity index (χ2v) is 5.94. The number of carbonyl (C=O) groups is 1. The molecule has 0 saturated carbocycles. The maximum absolute atomic E-state index is 13.0. The topological polar surface area (TPSA) is 71.3 Å². The van der Waals surface area contributed by atoms with Gasteiger partial charge in [0.2, 0.25) is 0 Å². The second kappa shape index (κ2) is 7.25. The normalized spacial score (nSPS) is 10.7. The zero-order valence-corrected chi connectivity index (χ0v) is 14.3. The summed E-state index contributed by atoms with van der Waals surface area (Å²) >= 11 is 0. The van der Waals surface area contributed by atoms with Gasteiger partial charge in [0.1, 0.15) is 17.2 Å². The number of rotatable bonds is 5. The van der Waals surface area contributed by atoms with Crippen molar-refractivity contribution in [2.45, 2.75) is 6.54 Å². The maximum Gasteiger partial charge on any atom is 0.261 e. The summed E-state index contributed by atoms with van der Waals surface area (Å²) in [6, 6.07) is 17.2. The van der Waals surface area contributed by atoms with Crippen molar-refractivity contribution in [1.82, 2.24) is 14.6 Å². The Hall–Kier alpha value is -3.74. The minimum Gasteiger partial charge on any atom is -0.366 e. The van der Waals surface area contributed by atoms with Gasteiger partial charge in [0.05, 0.1) is 6.20 Å². The van der Waals surface area contributed by atoms with Crippen LogP contribution in [0.2, 0.25) is 0 Å². The Morgan fingerprint density at radius 2 is 1.81 bits per heavy atom.